The maximum atomic E-state index is 12.4. The van der Waals surface area contributed by atoms with Gasteiger partial charge in [0.2, 0.25) is 17.7 Å². The fraction of sp³-hybridized carbons (Fsp3) is 0.0588. The number of rotatable bonds is 2. The second-order valence-electron chi connectivity index (χ2n) is 4.87. The molecule has 2 aromatic carbocycles. The predicted octanol–water partition coefficient (Wildman–Crippen LogP) is 3.26. The summed E-state index contributed by atoms with van der Waals surface area (Å²) in [7, 11) is 0. The number of ketones is 2. The Morgan fingerprint density at radius 1 is 1.00 bits per heavy atom. The van der Waals surface area contributed by atoms with Gasteiger partial charge in [-0.3, -0.25) is 9.59 Å². The topological polar surface area (TPSA) is 56.5 Å². The minimum atomic E-state index is -1.11. The van der Waals surface area contributed by atoms with Gasteiger partial charge in [-0.15, -0.1) is 0 Å². The van der Waals surface area contributed by atoms with Crippen LogP contribution in [-0.4, -0.2) is 17.7 Å². The molecule has 1 atom stereocenters. The fourth-order valence-electron chi connectivity index (χ4n) is 2.58. The lowest BCUT2D eigenvalue weighted by atomic mass is 10.0. The normalized spacial score (nSPS) is 16.8. The minimum Gasteiger partial charge on any atom is -0.472 e. The zero-order chi connectivity index (χ0) is 14.4. The maximum Gasteiger partial charge on any atom is 0.224 e. The van der Waals surface area contributed by atoms with Gasteiger partial charge in [-0.1, -0.05) is 30.3 Å². The van der Waals surface area contributed by atoms with E-state index in [1.807, 2.05) is 6.07 Å². The molecule has 0 saturated heterocycles. The van der Waals surface area contributed by atoms with Gasteiger partial charge in [0.25, 0.3) is 0 Å². The molecule has 0 saturated carbocycles. The van der Waals surface area contributed by atoms with Crippen LogP contribution in [0.3, 0.4) is 0 Å². The monoisotopic (exact) mass is 278 g/mol. The maximum absolute atomic E-state index is 12.4. The van der Waals surface area contributed by atoms with Gasteiger partial charge in [-0.2, -0.15) is 0 Å². The number of hydrogen-bond acceptors (Lipinski definition) is 4. The van der Waals surface area contributed by atoms with E-state index < -0.39 is 6.10 Å². The summed E-state index contributed by atoms with van der Waals surface area (Å²) in [6.45, 7) is 0. The Kier molecular flexibility index (Phi) is 2.44. The van der Waals surface area contributed by atoms with Crippen molar-refractivity contribution >= 4 is 22.5 Å². The van der Waals surface area contributed by atoms with Crippen molar-refractivity contribution in [1.82, 2.24) is 0 Å². The van der Waals surface area contributed by atoms with E-state index in [-0.39, 0.29) is 11.6 Å². The van der Waals surface area contributed by atoms with Gasteiger partial charge >= 0.3 is 0 Å². The van der Waals surface area contributed by atoms with Crippen molar-refractivity contribution in [1.29, 1.82) is 0 Å². The third-order valence-electron chi connectivity index (χ3n) is 3.62. The van der Waals surface area contributed by atoms with Gasteiger partial charge in [0.05, 0.1) is 17.2 Å². The molecule has 0 radical (unpaired) electrons. The first-order chi connectivity index (χ1) is 10.3. The van der Waals surface area contributed by atoms with E-state index in [2.05, 4.69) is 0 Å². The van der Waals surface area contributed by atoms with Crippen LogP contribution in [0.1, 0.15) is 20.7 Å². The summed E-state index contributed by atoms with van der Waals surface area (Å²) < 4.78 is 10.9. The molecule has 1 aromatic heterocycles. The molecule has 0 fully saturated rings. The first-order valence-corrected chi connectivity index (χ1v) is 6.56. The van der Waals surface area contributed by atoms with Crippen LogP contribution in [-0.2, 0) is 0 Å². The number of Topliss-reactive ketones (excluding diaryl/α,β-unsaturated/α-hetero) is 2. The smallest absolute Gasteiger partial charge is 0.224 e. The summed E-state index contributed by atoms with van der Waals surface area (Å²) in [5, 5.41) is 0.712. The molecule has 0 amide bonds. The van der Waals surface area contributed by atoms with Gasteiger partial charge in [0.1, 0.15) is 11.3 Å². The van der Waals surface area contributed by atoms with Gasteiger partial charge < -0.3 is 9.15 Å². The van der Waals surface area contributed by atoms with Crippen molar-refractivity contribution in [2.45, 2.75) is 6.10 Å². The highest BCUT2D eigenvalue weighted by Gasteiger charge is 2.39. The number of hydrogen-bond donors (Lipinski definition) is 0. The van der Waals surface area contributed by atoms with Gasteiger partial charge in [-0.25, -0.2) is 0 Å². The predicted molar refractivity (Wildman–Crippen MR) is 75.7 cm³/mol. The highest BCUT2D eigenvalue weighted by atomic mass is 16.5. The SMILES string of the molecule is O=C(c1ccccc1)C1Oc2c(ccc3occc23)C1=O. The summed E-state index contributed by atoms with van der Waals surface area (Å²) in [6.07, 6.45) is 0.424. The zero-order valence-corrected chi connectivity index (χ0v) is 10.9. The second kappa shape index (κ2) is 4.31. The van der Waals surface area contributed by atoms with Crippen molar-refractivity contribution in [2.75, 3.05) is 0 Å². The molecule has 1 aliphatic rings. The molecule has 0 aliphatic carbocycles. The lowest BCUT2D eigenvalue weighted by Gasteiger charge is -2.08. The molecular formula is C17H10O4. The van der Waals surface area contributed by atoms with Crippen LogP contribution in [0.5, 0.6) is 5.75 Å². The Hall–Kier alpha value is -2.88. The molecule has 1 aliphatic heterocycles. The number of carbonyl (C=O) groups is 2. The van der Waals surface area contributed by atoms with Gasteiger partial charge in [-0.05, 0) is 18.2 Å². The molecule has 0 spiro atoms. The molecule has 1 unspecified atom stereocenters. The van der Waals surface area contributed by atoms with Crippen LogP contribution in [0.4, 0.5) is 0 Å². The van der Waals surface area contributed by atoms with Crippen LogP contribution < -0.4 is 4.74 Å². The standard InChI is InChI=1S/C17H10O4/c18-14(10-4-2-1-3-5-10)17-15(19)12-6-7-13-11(8-9-20-13)16(12)21-17/h1-9,17H. The average molecular weight is 278 g/mol. The summed E-state index contributed by atoms with van der Waals surface area (Å²) in [5.41, 5.74) is 1.53. The Morgan fingerprint density at radius 3 is 2.62 bits per heavy atom. The molecule has 4 nitrogen and oxygen atoms in total. The number of carbonyl (C=O) groups excluding carboxylic acids is 2. The van der Waals surface area contributed by atoms with Crippen LogP contribution in [0.15, 0.2) is 59.2 Å². The van der Waals surface area contributed by atoms with Crippen LogP contribution in [0, 0.1) is 0 Å². The number of benzene rings is 2. The van der Waals surface area contributed by atoms with Crippen molar-refractivity contribution in [3.8, 4) is 5.75 Å². The highest BCUT2D eigenvalue weighted by Crippen LogP contribution is 2.37. The highest BCUT2D eigenvalue weighted by molar-refractivity contribution is 6.22. The van der Waals surface area contributed by atoms with Crippen molar-refractivity contribution in [3.05, 3.63) is 65.9 Å². The molecule has 2 heterocycles. The molecule has 0 bridgehead atoms. The molecule has 102 valence electrons. The van der Waals surface area contributed by atoms with Crippen LogP contribution in [0.25, 0.3) is 11.0 Å². The third-order valence-corrected chi connectivity index (χ3v) is 3.62. The van der Waals surface area contributed by atoms with Crippen LogP contribution in [0.2, 0.25) is 0 Å². The Balaban J connectivity index is 1.78. The van der Waals surface area contributed by atoms with E-state index >= 15 is 0 Å². The fourth-order valence-corrected chi connectivity index (χ4v) is 2.58. The lowest BCUT2D eigenvalue weighted by Crippen LogP contribution is -2.30. The van der Waals surface area contributed by atoms with E-state index in [1.54, 1.807) is 42.5 Å². The van der Waals surface area contributed by atoms with Gasteiger partial charge in [0.15, 0.2) is 0 Å². The number of ether oxygens (including phenoxy) is 1. The summed E-state index contributed by atoms with van der Waals surface area (Å²) in [6, 6.07) is 13.8. The van der Waals surface area contributed by atoms with Crippen LogP contribution >= 0.6 is 0 Å². The summed E-state index contributed by atoms with van der Waals surface area (Å²) in [5.74, 6) is -0.198. The largest absolute Gasteiger partial charge is 0.472 e. The second-order valence-corrected chi connectivity index (χ2v) is 4.87. The van der Waals surface area contributed by atoms with Gasteiger partial charge in [0, 0.05) is 5.56 Å². The molecule has 4 rings (SSSR count). The van der Waals surface area contributed by atoms with E-state index in [4.69, 9.17) is 9.15 Å². The molecule has 0 N–H and O–H groups in total. The average Bonchev–Trinajstić information content (AvgIpc) is 3.12. The number of furan rings is 1. The van der Waals surface area contributed by atoms with E-state index in [9.17, 15) is 9.59 Å². The minimum absolute atomic E-state index is 0.304. The summed E-state index contributed by atoms with van der Waals surface area (Å²) >= 11 is 0. The van der Waals surface area contributed by atoms with Crippen molar-refractivity contribution in [3.63, 3.8) is 0 Å². The lowest BCUT2D eigenvalue weighted by molar-refractivity contribution is 0.0721. The van der Waals surface area contributed by atoms with E-state index in [1.165, 1.54) is 6.26 Å². The molecule has 3 aromatic rings. The molecule has 4 heteroatoms. The van der Waals surface area contributed by atoms with Crippen molar-refractivity contribution in [2.24, 2.45) is 0 Å². The Bertz CT molecular complexity index is 861. The van der Waals surface area contributed by atoms with E-state index in [0.717, 1.165) is 0 Å². The first-order valence-electron chi connectivity index (χ1n) is 6.56. The first kappa shape index (κ1) is 11.9. The van der Waals surface area contributed by atoms with Crippen molar-refractivity contribution < 1.29 is 18.7 Å². The summed E-state index contributed by atoms with van der Waals surface area (Å²) in [4.78, 5) is 24.8. The third kappa shape index (κ3) is 1.69. The van der Waals surface area contributed by atoms with E-state index in [0.29, 0.717) is 27.8 Å². The zero-order valence-electron chi connectivity index (χ0n) is 10.9. The Labute approximate surface area is 119 Å². The molecule has 21 heavy (non-hydrogen) atoms. The molecular weight excluding hydrogens is 268 g/mol. The quantitative estimate of drug-likeness (QED) is 0.533. The number of fused-ring (bicyclic) bond motifs is 3. The Morgan fingerprint density at radius 2 is 1.81 bits per heavy atom.